The van der Waals surface area contributed by atoms with Crippen molar-refractivity contribution in [3.8, 4) is 6.07 Å². The molecule has 2 N–H and O–H groups in total. The Labute approximate surface area is 87.4 Å². The number of hydrogen-bond donors (Lipinski definition) is 2. The number of aliphatic carboxylic acids is 1. The van der Waals surface area contributed by atoms with Gasteiger partial charge in [0.25, 0.3) is 0 Å². The van der Waals surface area contributed by atoms with Crippen LogP contribution in [0.4, 0.5) is 5.69 Å². The van der Waals surface area contributed by atoms with Gasteiger partial charge in [0.2, 0.25) is 0 Å². The molecule has 1 aromatic heterocycles. The summed E-state index contributed by atoms with van der Waals surface area (Å²) in [4.78, 5) is 14.7. The fourth-order valence-corrected chi connectivity index (χ4v) is 0.982. The molecule has 0 bridgehead atoms. The third kappa shape index (κ3) is 2.44. The summed E-state index contributed by atoms with van der Waals surface area (Å²) < 4.78 is 0. The van der Waals surface area contributed by atoms with Crippen LogP contribution >= 0.6 is 0 Å². The van der Waals surface area contributed by atoms with Gasteiger partial charge in [0, 0.05) is 6.20 Å². The van der Waals surface area contributed by atoms with Gasteiger partial charge < -0.3 is 10.4 Å². The van der Waals surface area contributed by atoms with Crippen molar-refractivity contribution >= 4 is 11.7 Å². The van der Waals surface area contributed by atoms with E-state index >= 15 is 0 Å². The largest absolute Gasteiger partial charge is 0.480 e. The van der Waals surface area contributed by atoms with Crippen molar-refractivity contribution in [3.05, 3.63) is 24.0 Å². The molecular formula is C10H11N3O2. The molecule has 78 valence electrons. The molecule has 0 aliphatic heterocycles. The van der Waals surface area contributed by atoms with Crippen LogP contribution in [0.15, 0.2) is 18.5 Å². The first kappa shape index (κ1) is 11.0. The first-order valence-corrected chi connectivity index (χ1v) is 4.33. The number of anilines is 1. The number of carboxylic acids is 1. The lowest BCUT2D eigenvalue weighted by atomic mass is 10.1. The summed E-state index contributed by atoms with van der Waals surface area (Å²) in [5, 5.41) is 20.4. The highest BCUT2D eigenvalue weighted by molar-refractivity contribution is 5.82. The van der Waals surface area contributed by atoms with E-state index < -0.39 is 11.5 Å². The molecule has 0 unspecified atom stereocenters. The number of carbonyl (C=O) groups is 1. The van der Waals surface area contributed by atoms with E-state index in [2.05, 4.69) is 10.3 Å². The summed E-state index contributed by atoms with van der Waals surface area (Å²) in [7, 11) is 0. The number of nitrogens with zero attached hydrogens (tertiary/aromatic N) is 2. The summed E-state index contributed by atoms with van der Waals surface area (Å²) in [6.45, 7) is 3.03. The van der Waals surface area contributed by atoms with E-state index in [1.165, 1.54) is 32.3 Å². The van der Waals surface area contributed by atoms with Crippen LogP contribution in [0.5, 0.6) is 0 Å². The maximum atomic E-state index is 10.9. The summed E-state index contributed by atoms with van der Waals surface area (Å²) in [6.07, 6.45) is 2.92. The van der Waals surface area contributed by atoms with Gasteiger partial charge in [-0.15, -0.1) is 0 Å². The van der Waals surface area contributed by atoms with Crippen molar-refractivity contribution in [2.24, 2.45) is 0 Å². The van der Waals surface area contributed by atoms with E-state index in [1.54, 1.807) is 0 Å². The van der Waals surface area contributed by atoms with Crippen LogP contribution in [-0.4, -0.2) is 21.6 Å². The molecule has 0 aromatic carbocycles. The molecule has 0 atom stereocenters. The fourth-order valence-electron chi connectivity index (χ4n) is 0.982. The average molecular weight is 205 g/mol. The minimum absolute atomic E-state index is 0.374. The zero-order valence-electron chi connectivity index (χ0n) is 8.48. The highest BCUT2D eigenvalue weighted by Crippen LogP contribution is 2.18. The molecule has 5 nitrogen and oxygen atoms in total. The number of nitriles is 1. The number of hydrogen-bond acceptors (Lipinski definition) is 4. The van der Waals surface area contributed by atoms with Gasteiger partial charge in [0.1, 0.15) is 11.6 Å². The SMILES string of the molecule is CC(C)(Nc1cnccc1C#N)C(=O)O. The Hall–Kier alpha value is -2.09. The number of pyridine rings is 1. The number of aromatic nitrogens is 1. The highest BCUT2D eigenvalue weighted by atomic mass is 16.4. The Morgan fingerprint density at radius 1 is 1.67 bits per heavy atom. The van der Waals surface area contributed by atoms with E-state index in [1.807, 2.05) is 6.07 Å². The van der Waals surface area contributed by atoms with Gasteiger partial charge in [0.05, 0.1) is 17.4 Å². The van der Waals surface area contributed by atoms with Crippen molar-refractivity contribution in [3.63, 3.8) is 0 Å². The Morgan fingerprint density at radius 2 is 2.33 bits per heavy atom. The standard InChI is InChI=1S/C10H11N3O2/c1-10(2,9(14)15)13-8-6-12-4-3-7(8)5-11/h3-4,6,13H,1-2H3,(H,14,15). The van der Waals surface area contributed by atoms with Crippen LogP contribution in [0.25, 0.3) is 0 Å². The van der Waals surface area contributed by atoms with Crippen LogP contribution in [0.3, 0.4) is 0 Å². The van der Waals surface area contributed by atoms with Gasteiger partial charge in [-0.3, -0.25) is 4.98 Å². The number of carboxylic acid groups (broad SMARTS) is 1. The van der Waals surface area contributed by atoms with Crippen LogP contribution < -0.4 is 5.32 Å². The smallest absolute Gasteiger partial charge is 0.328 e. The molecule has 1 heterocycles. The lowest BCUT2D eigenvalue weighted by molar-refractivity contribution is -0.141. The molecule has 5 heteroatoms. The Balaban J connectivity index is 3.00. The minimum Gasteiger partial charge on any atom is -0.480 e. The molecule has 0 saturated heterocycles. The summed E-state index contributed by atoms with van der Waals surface area (Å²) in [5.41, 5.74) is -0.332. The Morgan fingerprint density at radius 3 is 2.87 bits per heavy atom. The fraction of sp³-hybridized carbons (Fsp3) is 0.300. The van der Waals surface area contributed by atoms with E-state index in [0.717, 1.165) is 0 Å². The lowest BCUT2D eigenvalue weighted by Crippen LogP contribution is -2.40. The van der Waals surface area contributed by atoms with Crippen molar-refractivity contribution < 1.29 is 9.90 Å². The summed E-state index contributed by atoms with van der Waals surface area (Å²) >= 11 is 0. The van der Waals surface area contributed by atoms with Crippen molar-refractivity contribution in [2.45, 2.75) is 19.4 Å². The van der Waals surface area contributed by atoms with Gasteiger partial charge >= 0.3 is 5.97 Å². The van der Waals surface area contributed by atoms with Crippen LogP contribution in [0.2, 0.25) is 0 Å². The first-order chi connectivity index (χ1) is 6.97. The topological polar surface area (TPSA) is 86.0 Å². The van der Waals surface area contributed by atoms with Crippen molar-refractivity contribution in [1.82, 2.24) is 4.98 Å². The average Bonchev–Trinajstić information content (AvgIpc) is 2.18. The van der Waals surface area contributed by atoms with E-state index in [0.29, 0.717) is 11.3 Å². The summed E-state index contributed by atoms with van der Waals surface area (Å²) in [6, 6.07) is 3.49. The van der Waals surface area contributed by atoms with Crippen molar-refractivity contribution in [1.29, 1.82) is 5.26 Å². The molecular weight excluding hydrogens is 194 g/mol. The normalized spacial score (nSPS) is 10.5. The zero-order chi connectivity index (χ0) is 11.5. The van der Waals surface area contributed by atoms with Gasteiger partial charge in [-0.2, -0.15) is 5.26 Å². The molecule has 0 aliphatic rings. The molecule has 0 aliphatic carbocycles. The van der Waals surface area contributed by atoms with Crippen LogP contribution in [-0.2, 0) is 4.79 Å². The second-order valence-corrected chi connectivity index (χ2v) is 3.59. The predicted octanol–water partition coefficient (Wildman–Crippen LogP) is 1.23. The first-order valence-electron chi connectivity index (χ1n) is 4.33. The third-order valence-electron chi connectivity index (χ3n) is 1.92. The highest BCUT2D eigenvalue weighted by Gasteiger charge is 2.27. The van der Waals surface area contributed by atoms with Gasteiger partial charge in [-0.1, -0.05) is 0 Å². The van der Waals surface area contributed by atoms with E-state index in [4.69, 9.17) is 10.4 Å². The van der Waals surface area contributed by atoms with Crippen molar-refractivity contribution in [2.75, 3.05) is 5.32 Å². The molecule has 1 rings (SSSR count). The number of rotatable bonds is 3. The summed E-state index contributed by atoms with van der Waals surface area (Å²) in [5.74, 6) is -0.991. The molecule has 1 aromatic rings. The second kappa shape index (κ2) is 3.96. The molecule has 0 saturated carbocycles. The quantitative estimate of drug-likeness (QED) is 0.775. The molecule has 0 amide bonds. The third-order valence-corrected chi connectivity index (χ3v) is 1.92. The zero-order valence-corrected chi connectivity index (χ0v) is 8.48. The predicted molar refractivity (Wildman–Crippen MR) is 54.3 cm³/mol. The molecule has 15 heavy (non-hydrogen) atoms. The lowest BCUT2D eigenvalue weighted by Gasteiger charge is -2.22. The number of nitrogens with one attached hydrogen (secondary N) is 1. The van der Waals surface area contributed by atoms with Crippen LogP contribution in [0.1, 0.15) is 19.4 Å². The second-order valence-electron chi connectivity index (χ2n) is 3.59. The molecule has 0 radical (unpaired) electrons. The monoisotopic (exact) mass is 205 g/mol. The van der Waals surface area contributed by atoms with Gasteiger partial charge in [-0.05, 0) is 19.9 Å². The molecule has 0 fully saturated rings. The maximum absolute atomic E-state index is 10.9. The Bertz CT molecular complexity index is 421. The maximum Gasteiger partial charge on any atom is 0.328 e. The minimum atomic E-state index is -1.13. The van der Waals surface area contributed by atoms with E-state index in [-0.39, 0.29) is 0 Å². The molecule has 0 spiro atoms. The van der Waals surface area contributed by atoms with Gasteiger partial charge in [-0.25, -0.2) is 4.79 Å². The van der Waals surface area contributed by atoms with Gasteiger partial charge in [0.15, 0.2) is 0 Å². The van der Waals surface area contributed by atoms with Crippen LogP contribution in [0, 0.1) is 11.3 Å². The van der Waals surface area contributed by atoms with E-state index in [9.17, 15) is 4.79 Å². The Kier molecular flexibility index (Phi) is 2.90.